The fourth-order valence-corrected chi connectivity index (χ4v) is 2.46. The van der Waals surface area contributed by atoms with Crippen LogP contribution in [0.15, 0.2) is 47.3 Å². The van der Waals surface area contributed by atoms with Gasteiger partial charge in [-0.05, 0) is 29.8 Å². The maximum absolute atomic E-state index is 12.4. The number of nitrogens with one attached hydrogen (secondary N) is 1. The third kappa shape index (κ3) is 2.43. The summed E-state index contributed by atoms with van der Waals surface area (Å²) in [5.41, 5.74) is 7.43. The van der Waals surface area contributed by atoms with E-state index in [4.69, 9.17) is 17.3 Å². The Hall–Kier alpha value is -2.53. The van der Waals surface area contributed by atoms with Crippen LogP contribution >= 0.6 is 11.6 Å². The molecule has 21 heavy (non-hydrogen) atoms. The Morgan fingerprint density at radius 3 is 2.76 bits per heavy atom. The highest BCUT2D eigenvalue weighted by Gasteiger charge is 2.15. The van der Waals surface area contributed by atoms with Crippen molar-refractivity contribution in [2.75, 3.05) is 5.73 Å². The van der Waals surface area contributed by atoms with Crippen molar-refractivity contribution in [1.29, 1.82) is 0 Å². The molecule has 0 saturated carbocycles. The van der Waals surface area contributed by atoms with Gasteiger partial charge in [-0.25, -0.2) is 9.36 Å². The number of aromatic nitrogens is 2. The summed E-state index contributed by atoms with van der Waals surface area (Å²) in [7, 11) is 0. The van der Waals surface area contributed by atoms with Gasteiger partial charge in [-0.1, -0.05) is 29.8 Å². The van der Waals surface area contributed by atoms with Gasteiger partial charge in [0.15, 0.2) is 0 Å². The van der Waals surface area contributed by atoms with E-state index in [-0.39, 0.29) is 12.3 Å². The van der Waals surface area contributed by atoms with Gasteiger partial charge in [-0.3, -0.25) is 4.79 Å². The molecule has 106 valence electrons. The lowest BCUT2D eigenvalue weighted by Crippen LogP contribution is -2.25. The Labute approximate surface area is 125 Å². The van der Waals surface area contributed by atoms with Crippen molar-refractivity contribution in [3.63, 3.8) is 0 Å². The van der Waals surface area contributed by atoms with Crippen molar-refractivity contribution in [2.24, 2.45) is 0 Å². The maximum atomic E-state index is 12.4. The second kappa shape index (κ2) is 5.10. The topological polar surface area (TPSA) is 80.9 Å². The maximum Gasteiger partial charge on any atom is 0.333 e. The molecule has 5 nitrogen and oxygen atoms in total. The zero-order chi connectivity index (χ0) is 15.0. The second-order valence-electron chi connectivity index (χ2n) is 4.70. The molecule has 0 saturated heterocycles. The minimum Gasteiger partial charge on any atom is -0.399 e. The molecule has 2 aromatic carbocycles. The van der Waals surface area contributed by atoms with Gasteiger partial charge in [0.1, 0.15) is 0 Å². The Balaban J connectivity index is 2.04. The number of rotatable bonds is 2. The van der Waals surface area contributed by atoms with Crippen molar-refractivity contribution in [3.8, 4) is 0 Å². The fraction of sp³-hybridized carbons (Fsp3) is 0.0667. The van der Waals surface area contributed by atoms with E-state index in [2.05, 4.69) is 4.98 Å². The van der Waals surface area contributed by atoms with Crippen LogP contribution in [0.2, 0.25) is 5.02 Å². The quantitative estimate of drug-likeness (QED) is 0.713. The third-order valence-electron chi connectivity index (χ3n) is 3.26. The predicted molar refractivity (Wildman–Crippen MR) is 82.8 cm³/mol. The number of carbonyl (C=O) groups excluding carboxylic acids is 1. The fourth-order valence-electron chi connectivity index (χ4n) is 2.26. The van der Waals surface area contributed by atoms with Crippen LogP contribution in [0.4, 0.5) is 5.69 Å². The van der Waals surface area contributed by atoms with E-state index in [0.717, 1.165) is 4.57 Å². The Bertz CT molecular complexity index is 895. The lowest BCUT2D eigenvalue weighted by atomic mass is 10.1. The largest absolute Gasteiger partial charge is 0.399 e. The SMILES string of the molecule is Nc1ccc2c(c1)[nH]c(=O)n2C(=O)Cc1ccccc1Cl. The summed E-state index contributed by atoms with van der Waals surface area (Å²) in [6, 6.07) is 12.0. The molecule has 0 unspecified atom stereocenters. The number of halogens is 1. The summed E-state index contributed by atoms with van der Waals surface area (Å²) >= 11 is 6.04. The van der Waals surface area contributed by atoms with E-state index in [1.54, 1.807) is 42.5 Å². The first-order valence-corrected chi connectivity index (χ1v) is 6.71. The molecule has 0 bridgehead atoms. The van der Waals surface area contributed by atoms with E-state index < -0.39 is 5.69 Å². The summed E-state index contributed by atoms with van der Waals surface area (Å²) < 4.78 is 1.11. The van der Waals surface area contributed by atoms with Crippen LogP contribution in [0.5, 0.6) is 0 Å². The van der Waals surface area contributed by atoms with E-state index >= 15 is 0 Å². The number of nitrogen functional groups attached to an aromatic ring is 1. The number of fused-ring (bicyclic) bond motifs is 1. The van der Waals surface area contributed by atoms with Crippen molar-refractivity contribution in [3.05, 3.63) is 63.5 Å². The Morgan fingerprint density at radius 2 is 2.00 bits per heavy atom. The molecule has 0 aliphatic rings. The molecule has 1 aromatic heterocycles. The van der Waals surface area contributed by atoms with Gasteiger partial charge >= 0.3 is 5.69 Å². The highest BCUT2D eigenvalue weighted by molar-refractivity contribution is 6.31. The minimum atomic E-state index is -0.479. The van der Waals surface area contributed by atoms with Crippen molar-refractivity contribution in [2.45, 2.75) is 6.42 Å². The number of hydrogen-bond acceptors (Lipinski definition) is 3. The molecule has 3 aromatic rings. The number of anilines is 1. The number of hydrogen-bond donors (Lipinski definition) is 2. The van der Waals surface area contributed by atoms with Crippen LogP contribution in [-0.4, -0.2) is 15.5 Å². The predicted octanol–water partition coefficient (Wildman–Crippen LogP) is 2.45. The van der Waals surface area contributed by atoms with Crippen LogP contribution in [0, 0.1) is 0 Å². The number of benzene rings is 2. The van der Waals surface area contributed by atoms with Gasteiger partial charge < -0.3 is 10.7 Å². The molecule has 0 fully saturated rings. The number of carbonyl (C=O) groups is 1. The number of imidazole rings is 1. The summed E-state index contributed by atoms with van der Waals surface area (Å²) in [4.78, 5) is 27.0. The summed E-state index contributed by atoms with van der Waals surface area (Å²) in [6.45, 7) is 0. The lowest BCUT2D eigenvalue weighted by molar-refractivity contribution is 0.0915. The van der Waals surface area contributed by atoms with Crippen LogP contribution in [-0.2, 0) is 6.42 Å². The molecule has 0 aliphatic carbocycles. The van der Waals surface area contributed by atoms with Crippen molar-refractivity contribution >= 4 is 34.2 Å². The van der Waals surface area contributed by atoms with Gasteiger partial charge in [-0.15, -0.1) is 0 Å². The first kappa shape index (κ1) is 13.5. The third-order valence-corrected chi connectivity index (χ3v) is 3.62. The van der Waals surface area contributed by atoms with Crippen LogP contribution in [0.3, 0.4) is 0 Å². The summed E-state index contributed by atoms with van der Waals surface area (Å²) in [5, 5.41) is 0.503. The van der Waals surface area contributed by atoms with E-state index in [0.29, 0.717) is 27.3 Å². The zero-order valence-corrected chi connectivity index (χ0v) is 11.7. The lowest BCUT2D eigenvalue weighted by Gasteiger charge is -2.04. The summed E-state index contributed by atoms with van der Waals surface area (Å²) in [6.07, 6.45) is 0.0525. The molecule has 6 heteroatoms. The zero-order valence-electron chi connectivity index (χ0n) is 11.0. The van der Waals surface area contributed by atoms with Gasteiger partial charge in [0, 0.05) is 10.7 Å². The van der Waals surface area contributed by atoms with Gasteiger partial charge in [-0.2, -0.15) is 0 Å². The average Bonchev–Trinajstić information content (AvgIpc) is 2.76. The first-order chi connectivity index (χ1) is 10.1. The smallest absolute Gasteiger partial charge is 0.333 e. The van der Waals surface area contributed by atoms with Crippen molar-refractivity contribution in [1.82, 2.24) is 9.55 Å². The van der Waals surface area contributed by atoms with Crippen molar-refractivity contribution < 1.29 is 4.79 Å². The number of H-pyrrole nitrogens is 1. The Kier molecular flexibility index (Phi) is 3.27. The molecular weight excluding hydrogens is 290 g/mol. The van der Waals surface area contributed by atoms with E-state index in [9.17, 15) is 9.59 Å². The minimum absolute atomic E-state index is 0.0525. The highest BCUT2D eigenvalue weighted by atomic mass is 35.5. The molecule has 1 heterocycles. The molecule has 0 atom stereocenters. The first-order valence-electron chi connectivity index (χ1n) is 6.33. The number of nitrogens with two attached hydrogens (primary N) is 1. The van der Waals surface area contributed by atoms with Crippen LogP contribution < -0.4 is 11.4 Å². The van der Waals surface area contributed by atoms with E-state index in [1.165, 1.54) is 0 Å². The molecular formula is C15H12ClN3O2. The normalized spacial score (nSPS) is 10.9. The average molecular weight is 302 g/mol. The second-order valence-corrected chi connectivity index (χ2v) is 5.11. The monoisotopic (exact) mass is 301 g/mol. The molecule has 3 rings (SSSR count). The van der Waals surface area contributed by atoms with Gasteiger partial charge in [0.05, 0.1) is 17.5 Å². The summed E-state index contributed by atoms with van der Waals surface area (Å²) in [5.74, 6) is -0.343. The van der Waals surface area contributed by atoms with Crippen LogP contribution in [0.25, 0.3) is 11.0 Å². The molecule has 0 amide bonds. The van der Waals surface area contributed by atoms with Crippen LogP contribution in [0.1, 0.15) is 10.4 Å². The number of aromatic amines is 1. The molecule has 0 radical (unpaired) electrons. The van der Waals surface area contributed by atoms with E-state index in [1.807, 2.05) is 0 Å². The molecule has 0 spiro atoms. The molecule has 3 N–H and O–H groups in total. The number of nitrogens with zero attached hydrogens (tertiary/aromatic N) is 1. The van der Waals surface area contributed by atoms with Gasteiger partial charge in [0.2, 0.25) is 5.91 Å². The Morgan fingerprint density at radius 1 is 1.24 bits per heavy atom. The molecule has 0 aliphatic heterocycles. The highest BCUT2D eigenvalue weighted by Crippen LogP contribution is 2.18. The van der Waals surface area contributed by atoms with Gasteiger partial charge in [0.25, 0.3) is 0 Å². The standard InChI is InChI=1S/C15H12ClN3O2/c16-11-4-2-1-3-9(11)7-14(20)19-13-6-5-10(17)8-12(13)18-15(19)21/h1-6,8H,7,17H2,(H,18,21).